The summed E-state index contributed by atoms with van der Waals surface area (Å²) in [6.07, 6.45) is -0.224. The van der Waals surface area contributed by atoms with Crippen LogP contribution in [0.15, 0.2) is 18.5 Å². The molecule has 1 heterocycles. The van der Waals surface area contributed by atoms with E-state index in [1.165, 1.54) is 24.5 Å². The molecule has 1 aromatic heterocycles. The van der Waals surface area contributed by atoms with Crippen molar-refractivity contribution in [3.8, 4) is 0 Å². The van der Waals surface area contributed by atoms with Crippen LogP contribution in [-0.4, -0.2) is 37.4 Å². The standard InChI is InChI=1S/C8H9Br2NO4S2/c1-11(3-2-7(12)13)17(14,15)5-4-6(9)16-8(5)10/h4H,2-3H2,1H3,(H,12,13). The molecule has 0 spiro atoms. The first-order valence-electron chi connectivity index (χ1n) is 4.38. The Balaban J connectivity index is 2.95. The fraction of sp³-hybridized carbons (Fsp3) is 0.375. The zero-order valence-corrected chi connectivity index (χ0v) is 13.5. The Labute approximate surface area is 120 Å². The van der Waals surface area contributed by atoms with Crippen LogP contribution in [-0.2, 0) is 14.8 Å². The number of halogens is 2. The summed E-state index contributed by atoms with van der Waals surface area (Å²) in [6, 6.07) is 1.49. The molecular weight excluding hydrogens is 398 g/mol. The number of hydrogen-bond acceptors (Lipinski definition) is 4. The largest absolute Gasteiger partial charge is 0.481 e. The van der Waals surface area contributed by atoms with Gasteiger partial charge in [-0.2, -0.15) is 0 Å². The number of sulfonamides is 1. The second kappa shape index (κ2) is 5.79. The Morgan fingerprint density at radius 2 is 2.12 bits per heavy atom. The number of carboxylic acid groups (broad SMARTS) is 1. The summed E-state index contributed by atoms with van der Waals surface area (Å²) in [7, 11) is -2.28. The number of hydrogen-bond donors (Lipinski definition) is 1. The van der Waals surface area contributed by atoms with Crippen LogP contribution in [0.5, 0.6) is 0 Å². The predicted molar refractivity (Wildman–Crippen MR) is 71.8 cm³/mol. The van der Waals surface area contributed by atoms with Crippen LogP contribution < -0.4 is 0 Å². The van der Waals surface area contributed by atoms with Gasteiger partial charge in [0.15, 0.2) is 0 Å². The smallest absolute Gasteiger partial charge is 0.304 e. The van der Waals surface area contributed by atoms with Crippen LogP contribution in [0.2, 0.25) is 0 Å². The third kappa shape index (κ3) is 3.75. The SMILES string of the molecule is CN(CCC(=O)O)S(=O)(=O)c1cc(Br)sc1Br. The number of nitrogens with zero attached hydrogens (tertiary/aromatic N) is 1. The predicted octanol–water partition coefficient (Wildman–Crippen LogP) is 2.37. The van der Waals surface area contributed by atoms with E-state index in [9.17, 15) is 13.2 Å². The molecule has 0 amide bonds. The Morgan fingerprint density at radius 3 is 2.53 bits per heavy atom. The maximum absolute atomic E-state index is 12.1. The maximum atomic E-state index is 12.1. The Kier molecular flexibility index (Phi) is 5.14. The quantitative estimate of drug-likeness (QED) is 0.814. The molecule has 0 saturated carbocycles. The first-order chi connectivity index (χ1) is 7.75. The molecule has 1 N–H and O–H groups in total. The van der Waals surface area contributed by atoms with E-state index in [4.69, 9.17) is 5.11 Å². The van der Waals surface area contributed by atoms with Crippen molar-refractivity contribution in [3.63, 3.8) is 0 Å². The average Bonchev–Trinajstić information content (AvgIpc) is 2.54. The van der Waals surface area contributed by atoms with E-state index >= 15 is 0 Å². The molecule has 1 rings (SSSR count). The van der Waals surface area contributed by atoms with Crippen molar-refractivity contribution >= 4 is 59.2 Å². The highest BCUT2D eigenvalue weighted by Gasteiger charge is 2.25. The van der Waals surface area contributed by atoms with Crippen molar-refractivity contribution in [1.29, 1.82) is 0 Å². The van der Waals surface area contributed by atoms with E-state index < -0.39 is 16.0 Å². The maximum Gasteiger partial charge on any atom is 0.304 e. The van der Waals surface area contributed by atoms with Gasteiger partial charge in [-0.3, -0.25) is 4.79 Å². The highest BCUT2D eigenvalue weighted by atomic mass is 79.9. The third-order valence-corrected chi connectivity index (χ3v) is 6.57. The molecule has 0 fully saturated rings. The van der Waals surface area contributed by atoms with Gasteiger partial charge in [-0.05, 0) is 37.9 Å². The van der Waals surface area contributed by atoms with Crippen molar-refractivity contribution in [1.82, 2.24) is 4.31 Å². The normalized spacial score (nSPS) is 12.0. The lowest BCUT2D eigenvalue weighted by molar-refractivity contribution is -0.137. The van der Waals surface area contributed by atoms with Gasteiger partial charge in [0.25, 0.3) is 0 Å². The van der Waals surface area contributed by atoms with Gasteiger partial charge in [-0.25, -0.2) is 12.7 Å². The summed E-state index contributed by atoms with van der Waals surface area (Å²) < 4.78 is 26.3. The van der Waals surface area contributed by atoms with E-state index in [0.717, 1.165) is 4.31 Å². The van der Waals surface area contributed by atoms with Gasteiger partial charge in [-0.15, -0.1) is 11.3 Å². The molecule has 0 aliphatic rings. The van der Waals surface area contributed by atoms with Gasteiger partial charge >= 0.3 is 5.97 Å². The molecule has 0 aliphatic carbocycles. The molecule has 9 heteroatoms. The lowest BCUT2D eigenvalue weighted by Gasteiger charge is -2.15. The molecular formula is C8H9Br2NO4S2. The molecule has 17 heavy (non-hydrogen) atoms. The first kappa shape index (κ1) is 15.1. The first-order valence-corrected chi connectivity index (χ1v) is 8.22. The summed E-state index contributed by atoms with van der Waals surface area (Å²) in [5.41, 5.74) is 0. The van der Waals surface area contributed by atoms with Crippen molar-refractivity contribution < 1.29 is 18.3 Å². The molecule has 0 unspecified atom stereocenters. The van der Waals surface area contributed by atoms with Gasteiger partial charge in [0.2, 0.25) is 10.0 Å². The molecule has 1 aromatic rings. The van der Waals surface area contributed by atoms with Crippen molar-refractivity contribution in [2.24, 2.45) is 0 Å². The molecule has 0 aliphatic heterocycles. The minimum absolute atomic E-state index is 0.0580. The average molecular weight is 407 g/mol. The monoisotopic (exact) mass is 405 g/mol. The summed E-state index contributed by atoms with van der Waals surface area (Å²) in [5.74, 6) is -1.03. The van der Waals surface area contributed by atoms with Crippen LogP contribution >= 0.6 is 43.2 Å². The minimum Gasteiger partial charge on any atom is -0.481 e. The minimum atomic E-state index is -3.64. The highest BCUT2D eigenvalue weighted by molar-refractivity contribution is 9.12. The Bertz CT molecular complexity index is 526. The number of rotatable bonds is 5. The van der Waals surface area contributed by atoms with Crippen LogP contribution in [0.3, 0.4) is 0 Å². The molecule has 5 nitrogen and oxygen atoms in total. The second-order valence-corrected chi connectivity index (χ2v) is 8.92. The third-order valence-electron chi connectivity index (χ3n) is 1.95. The highest BCUT2D eigenvalue weighted by Crippen LogP contribution is 2.35. The van der Waals surface area contributed by atoms with Gasteiger partial charge in [-0.1, -0.05) is 0 Å². The molecule has 0 bridgehead atoms. The number of carbonyl (C=O) groups is 1. The van der Waals surface area contributed by atoms with Gasteiger partial charge in [0, 0.05) is 13.6 Å². The van der Waals surface area contributed by atoms with Crippen molar-refractivity contribution in [3.05, 3.63) is 13.6 Å². The topological polar surface area (TPSA) is 74.7 Å². The molecule has 0 saturated heterocycles. The molecule has 96 valence electrons. The Hall–Kier alpha value is 0.0400. The lowest BCUT2D eigenvalue weighted by Crippen LogP contribution is -2.29. The zero-order valence-electron chi connectivity index (χ0n) is 8.68. The van der Waals surface area contributed by atoms with Crippen molar-refractivity contribution in [2.75, 3.05) is 13.6 Å². The summed E-state index contributed by atoms with van der Waals surface area (Å²) >= 11 is 7.61. The Morgan fingerprint density at radius 1 is 1.53 bits per heavy atom. The summed E-state index contributed by atoms with van der Waals surface area (Å²) in [5, 5.41) is 8.52. The number of thiophene rings is 1. The van der Waals surface area contributed by atoms with Crippen LogP contribution in [0, 0.1) is 0 Å². The van der Waals surface area contributed by atoms with E-state index in [2.05, 4.69) is 31.9 Å². The lowest BCUT2D eigenvalue weighted by atomic mass is 10.4. The molecule has 0 atom stereocenters. The summed E-state index contributed by atoms with van der Waals surface area (Å²) in [6.45, 7) is -0.0580. The number of aliphatic carboxylic acids is 1. The van der Waals surface area contributed by atoms with E-state index in [1.807, 2.05) is 0 Å². The van der Waals surface area contributed by atoms with Crippen molar-refractivity contribution in [2.45, 2.75) is 11.3 Å². The van der Waals surface area contributed by atoms with Crippen LogP contribution in [0.1, 0.15) is 6.42 Å². The van der Waals surface area contributed by atoms with Gasteiger partial charge in [0.05, 0.1) is 14.0 Å². The molecule has 0 radical (unpaired) electrons. The van der Waals surface area contributed by atoms with Gasteiger partial charge in [0.1, 0.15) is 4.90 Å². The fourth-order valence-corrected chi connectivity index (χ4v) is 5.97. The summed E-state index contributed by atoms with van der Waals surface area (Å²) in [4.78, 5) is 10.5. The van der Waals surface area contributed by atoms with E-state index in [1.54, 1.807) is 0 Å². The van der Waals surface area contributed by atoms with Gasteiger partial charge < -0.3 is 5.11 Å². The molecule has 0 aromatic carbocycles. The van der Waals surface area contributed by atoms with Crippen LogP contribution in [0.25, 0.3) is 0 Å². The fourth-order valence-electron chi connectivity index (χ4n) is 1.04. The van der Waals surface area contributed by atoms with Crippen LogP contribution in [0.4, 0.5) is 0 Å². The van der Waals surface area contributed by atoms with E-state index in [0.29, 0.717) is 7.57 Å². The second-order valence-electron chi connectivity index (χ2n) is 3.16. The van der Waals surface area contributed by atoms with E-state index in [-0.39, 0.29) is 17.9 Å². The zero-order chi connectivity index (χ0) is 13.2. The number of carboxylic acids is 1.